The van der Waals surface area contributed by atoms with E-state index in [1.54, 1.807) is 0 Å². The van der Waals surface area contributed by atoms with E-state index in [0.29, 0.717) is 11.7 Å². The summed E-state index contributed by atoms with van der Waals surface area (Å²) in [5.41, 5.74) is 3.10. The lowest BCUT2D eigenvalue weighted by Crippen LogP contribution is -2.30. The number of amides is 1. The number of fused-ring (bicyclic) bond motifs is 1. The molecular weight excluding hydrogens is 437 g/mol. The maximum absolute atomic E-state index is 12.9. The van der Waals surface area contributed by atoms with Crippen molar-refractivity contribution in [2.24, 2.45) is 0 Å². The lowest BCUT2D eigenvalue weighted by Gasteiger charge is -2.23. The molecule has 10 heteroatoms. The Kier molecular flexibility index (Phi) is 8.88. The maximum Gasteiger partial charge on any atom is 0.278 e. The molecule has 0 atom stereocenters. The number of nitrogens with zero attached hydrogens (tertiary/aromatic N) is 5. The largest absolute Gasteiger partial charge is 0.346 e. The van der Waals surface area contributed by atoms with Crippen LogP contribution in [0, 0.1) is 6.92 Å². The number of aromatic nitrogens is 4. The average molecular weight is 468 g/mol. The van der Waals surface area contributed by atoms with Crippen LogP contribution < -0.4 is 10.6 Å². The number of rotatable bonds is 6. The van der Waals surface area contributed by atoms with Gasteiger partial charge in [-0.3, -0.25) is 4.79 Å². The third kappa shape index (κ3) is 5.57. The molecule has 1 fully saturated rings. The molecule has 1 amide bonds. The average Bonchev–Trinajstić information content (AvgIpc) is 3.30. The Morgan fingerprint density at radius 2 is 1.97 bits per heavy atom. The van der Waals surface area contributed by atoms with Crippen LogP contribution in [0.1, 0.15) is 35.1 Å². The maximum atomic E-state index is 12.9. The summed E-state index contributed by atoms with van der Waals surface area (Å²) in [5.74, 6) is -0.214. The summed E-state index contributed by atoms with van der Waals surface area (Å²) in [7, 11) is 4.13. The van der Waals surface area contributed by atoms with E-state index in [1.165, 1.54) is 0 Å². The number of hydrogen-bond donors (Lipinski definition) is 2. The summed E-state index contributed by atoms with van der Waals surface area (Å²) in [6, 6.07) is 8.40. The monoisotopic (exact) mass is 467 g/mol. The van der Waals surface area contributed by atoms with Crippen molar-refractivity contribution >= 4 is 47.3 Å². The minimum absolute atomic E-state index is 0. The minimum atomic E-state index is -0.214. The number of benzene rings is 1. The van der Waals surface area contributed by atoms with Gasteiger partial charge in [-0.1, -0.05) is 11.3 Å². The molecule has 0 radical (unpaired) electrons. The van der Waals surface area contributed by atoms with Gasteiger partial charge in [-0.15, -0.1) is 29.9 Å². The second-order valence-corrected chi connectivity index (χ2v) is 7.99. The molecule has 3 heterocycles. The Bertz CT molecular complexity index is 1010. The highest BCUT2D eigenvalue weighted by Gasteiger charge is 2.23. The molecule has 0 unspecified atom stereocenters. The van der Waals surface area contributed by atoms with Crippen molar-refractivity contribution in [3.63, 3.8) is 0 Å². The normalized spacial score (nSPS) is 14.3. The van der Waals surface area contributed by atoms with Crippen molar-refractivity contribution in [3.8, 4) is 0 Å². The summed E-state index contributed by atoms with van der Waals surface area (Å²) < 4.78 is 4.12. The lowest BCUT2D eigenvalue weighted by atomic mass is 10.1. The predicted molar refractivity (Wildman–Crippen MR) is 129 cm³/mol. The Morgan fingerprint density at radius 3 is 2.68 bits per heavy atom. The second-order valence-electron chi connectivity index (χ2n) is 7.99. The highest BCUT2D eigenvalue weighted by Crippen LogP contribution is 2.23. The molecule has 170 valence electrons. The summed E-state index contributed by atoms with van der Waals surface area (Å²) in [6.45, 7) is 5.72. The van der Waals surface area contributed by atoms with E-state index in [-0.39, 0.29) is 30.7 Å². The van der Waals surface area contributed by atoms with Crippen molar-refractivity contribution in [1.82, 2.24) is 29.8 Å². The molecule has 3 aromatic rings. The van der Waals surface area contributed by atoms with Crippen LogP contribution in [-0.2, 0) is 6.54 Å². The van der Waals surface area contributed by atoms with Crippen LogP contribution in [0.25, 0.3) is 10.9 Å². The molecule has 0 aliphatic carbocycles. The first-order chi connectivity index (χ1) is 14.0. The number of likely N-dealkylation sites (N-methyl/N-ethyl adjacent to an activating group) is 1. The first-order valence-corrected chi connectivity index (χ1v) is 10.2. The van der Waals surface area contributed by atoms with E-state index in [1.807, 2.05) is 29.8 Å². The molecule has 31 heavy (non-hydrogen) atoms. The Balaban J connectivity index is 0.00000171. The molecule has 8 nitrogen and oxygen atoms in total. The number of nitrogens with one attached hydrogen (secondary N) is 2. The molecule has 0 spiro atoms. The van der Waals surface area contributed by atoms with Gasteiger partial charge in [0, 0.05) is 25.0 Å². The zero-order chi connectivity index (χ0) is 20.4. The van der Waals surface area contributed by atoms with E-state index in [0.717, 1.165) is 61.3 Å². The molecule has 0 saturated carbocycles. The standard InChI is InChI=1S/C21H29N7O.2ClH/c1-15-20(24-25-28(15)18-6-9-22-10-7-18)21(29)23-17-5-4-16-8-11-27(19(16)14-17)13-12-26(2)3;;/h4-5,8,11,14,18,22H,6-7,9-10,12-13H2,1-3H3,(H,23,29);2*1H. The van der Waals surface area contributed by atoms with Crippen LogP contribution in [-0.4, -0.2) is 64.1 Å². The SMILES string of the molecule is Cc1c(C(=O)Nc2ccc3ccn(CCN(C)C)c3c2)nnn1C1CCNCC1.Cl.Cl. The van der Waals surface area contributed by atoms with Crippen LogP contribution in [0.2, 0.25) is 0 Å². The van der Waals surface area contributed by atoms with Gasteiger partial charge in [0.1, 0.15) is 0 Å². The molecular formula is C21H31Cl2N7O. The summed E-state index contributed by atoms with van der Waals surface area (Å²) in [5, 5.41) is 16.0. The van der Waals surface area contributed by atoms with Gasteiger partial charge in [0.25, 0.3) is 5.91 Å². The number of hydrogen-bond acceptors (Lipinski definition) is 5. The quantitative estimate of drug-likeness (QED) is 0.581. The predicted octanol–water partition coefficient (Wildman–Crippen LogP) is 3.12. The van der Waals surface area contributed by atoms with Crippen LogP contribution >= 0.6 is 24.8 Å². The summed E-state index contributed by atoms with van der Waals surface area (Å²) in [4.78, 5) is 15.0. The highest BCUT2D eigenvalue weighted by atomic mass is 35.5. The molecule has 1 saturated heterocycles. The zero-order valence-electron chi connectivity index (χ0n) is 18.2. The minimum Gasteiger partial charge on any atom is -0.346 e. The van der Waals surface area contributed by atoms with Crippen LogP contribution in [0.15, 0.2) is 30.5 Å². The second kappa shape index (κ2) is 10.9. The smallest absolute Gasteiger partial charge is 0.278 e. The van der Waals surface area contributed by atoms with Gasteiger partial charge >= 0.3 is 0 Å². The van der Waals surface area contributed by atoms with Crippen LogP contribution in [0.5, 0.6) is 0 Å². The Hall–Kier alpha value is -2.13. The van der Waals surface area contributed by atoms with E-state index in [2.05, 4.69) is 56.8 Å². The van der Waals surface area contributed by atoms with Gasteiger partial charge in [0.05, 0.1) is 17.3 Å². The van der Waals surface area contributed by atoms with Crippen molar-refractivity contribution in [3.05, 3.63) is 41.9 Å². The fraction of sp³-hybridized carbons (Fsp3) is 0.476. The molecule has 1 aliphatic rings. The van der Waals surface area contributed by atoms with Crippen molar-refractivity contribution in [1.29, 1.82) is 0 Å². The van der Waals surface area contributed by atoms with Gasteiger partial charge in [-0.05, 0) is 70.5 Å². The van der Waals surface area contributed by atoms with Gasteiger partial charge in [-0.2, -0.15) is 0 Å². The number of carbonyl (C=O) groups excluding carboxylic acids is 1. The van der Waals surface area contributed by atoms with E-state index in [9.17, 15) is 4.79 Å². The number of carbonyl (C=O) groups is 1. The van der Waals surface area contributed by atoms with Crippen molar-refractivity contribution in [2.45, 2.75) is 32.4 Å². The summed E-state index contributed by atoms with van der Waals surface area (Å²) >= 11 is 0. The van der Waals surface area contributed by atoms with E-state index >= 15 is 0 Å². The summed E-state index contributed by atoms with van der Waals surface area (Å²) in [6.07, 6.45) is 4.10. The molecule has 1 aliphatic heterocycles. The van der Waals surface area contributed by atoms with Gasteiger partial charge < -0.3 is 20.1 Å². The third-order valence-electron chi connectivity index (χ3n) is 5.62. The fourth-order valence-electron chi connectivity index (χ4n) is 3.90. The number of halogens is 2. The fourth-order valence-corrected chi connectivity index (χ4v) is 3.90. The third-order valence-corrected chi connectivity index (χ3v) is 5.62. The van der Waals surface area contributed by atoms with Crippen molar-refractivity contribution in [2.75, 3.05) is 39.0 Å². The van der Waals surface area contributed by atoms with E-state index in [4.69, 9.17) is 0 Å². The van der Waals surface area contributed by atoms with Gasteiger partial charge in [0.2, 0.25) is 0 Å². The van der Waals surface area contributed by atoms with Gasteiger partial charge in [-0.25, -0.2) is 4.68 Å². The van der Waals surface area contributed by atoms with E-state index < -0.39 is 0 Å². The van der Waals surface area contributed by atoms with Crippen molar-refractivity contribution < 1.29 is 4.79 Å². The molecule has 0 bridgehead atoms. The Morgan fingerprint density at radius 1 is 1.23 bits per heavy atom. The highest BCUT2D eigenvalue weighted by molar-refractivity contribution is 6.04. The van der Waals surface area contributed by atoms with Crippen LogP contribution in [0.4, 0.5) is 5.69 Å². The topological polar surface area (TPSA) is 80.0 Å². The zero-order valence-corrected chi connectivity index (χ0v) is 19.8. The molecule has 2 N–H and O–H groups in total. The lowest BCUT2D eigenvalue weighted by molar-refractivity contribution is 0.102. The van der Waals surface area contributed by atoms with Gasteiger partial charge in [0.15, 0.2) is 5.69 Å². The molecule has 1 aromatic carbocycles. The molecule has 4 rings (SSSR count). The number of anilines is 1. The van der Waals surface area contributed by atoms with Crippen LogP contribution in [0.3, 0.4) is 0 Å². The molecule has 2 aromatic heterocycles. The Labute approximate surface area is 195 Å². The number of piperidine rings is 1. The first-order valence-electron chi connectivity index (χ1n) is 10.2. The first kappa shape index (κ1) is 25.1.